The lowest BCUT2D eigenvalue weighted by Gasteiger charge is -2.40. The molecule has 1 heterocycles. The summed E-state index contributed by atoms with van der Waals surface area (Å²) in [6, 6.07) is 0. The second-order valence-corrected chi connectivity index (χ2v) is 7.35. The Morgan fingerprint density at radius 2 is 1.89 bits per heavy atom. The Hall–Kier alpha value is -0.120. The van der Waals surface area contributed by atoms with Crippen LogP contribution in [0, 0.1) is 5.92 Å². The lowest BCUT2D eigenvalue weighted by Crippen LogP contribution is -2.62. The van der Waals surface area contributed by atoms with Crippen molar-refractivity contribution in [2.45, 2.75) is 76.5 Å². The number of nitrogens with one attached hydrogen (secondary N) is 1. The fraction of sp³-hybridized carbons (Fsp3) is 1.00. The molecule has 0 aromatic heterocycles. The zero-order valence-corrected chi connectivity index (χ0v) is 12.5. The van der Waals surface area contributed by atoms with E-state index in [1.54, 1.807) is 0 Å². The van der Waals surface area contributed by atoms with Gasteiger partial charge in [0.25, 0.3) is 0 Å². The molecule has 3 heteroatoms. The number of ether oxygens (including phenoxy) is 1. The molecule has 2 rings (SSSR count). The van der Waals surface area contributed by atoms with Crippen LogP contribution in [-0.4, -0.2) is 29.8 Å². The van der Waals surface area contributed by atoms with Gasteiger partial charge in [0.05, 0.1) is 16.7 Å². The summed E-state index contributed by atoms with van der Waals surface area (Å²) in [7, 11) is 0. The van der Waals surface area contributed by atoms with Crippen molar-refractivity contribution in [1.29, 1.82) is 0 Å². The van der Waals surface area contributed by atoms with Crippen molar-refractivity contribution in [3.63, 3.8) is 0 Å². The van der Waals surface area contributed by atoms with Crippen molar-refractivity contribution < 1.29 is 4.74 Å². The third-order valence-corrected chi connectivity index (χ3v) is 5.00. The van der Waals surface area contributed by atoms with Crippen molar-refractivity contribution in [2.75, 3.05) is 13.1 Å². The molecule has 1 aliphatic carbocycles. The third kappa shape index (κ3) is 2.59. The Balaban J connectivity index is 1.95. The van der Waals surface area contributed by atoms with Gasteiger partial charge >= 0.3 is 0 Å². The minimum atomic E-state index is -0.190. The summed E-state index contributed by atoms with van der Waals surface area (Å²) < 4.78 is 6.20. The van der Waals surface area contributed by atoms with Crippen LogP contribution < -0.4 is 11.1 Å². The minimum Gasteiger partial charge on any atom is -0.368 e. The smallest absolute Gasteiger partial charge is 0.0827 e. The van der Waals surface area contributed by atoms with E-state index in [4.69, 9.17) is 10.5 Å². The number of hydrogen-bond donors (Lipinski definition) is 2. The topological polar surface area (TPSA) is 47.3 Å². The lowest BCUT2D eigenvalue weighted by atomic mass is 9.78. The van der Waals surface area contributed by atoms with Crippen LogP contribution in [-0.2, 0) is 4.74 Å². The van der Waals surface area contributed by atoms with Gasteiger partial charge in [0.2, 0.25) is 0 Å². The molecule has 3 nitrogen and oxygen atoms in total. The average molecular weight is 254 g/mol. The van der Waals surface area contributed by atoms with E-state index >= 15 is 0 Å². The van der Waals surface area contributed by atoms with Crippen LogP contribution in [0.1, 0.15) is 59.8 Å². The van der Waals surface area contributed by atoms with Crippen LogP contribution in [0.4, 0.5) is 0 Å². The predicted octanol–water partition coefficient (Wildman–Crippen LogP) is 2.44. The van der Waals surface area contributed by atoms with E-state index in [-0.39, 0.29) is 16.7 Å². The van der Waals surface area contributed by atoms with E-state index in [2.05, 4.69) is 33.0 Å². The standard InChI is InChI=1S/C15H30N2O/c1-13(2)10-15(11-16,14(3,4)18-13)17-9-8-12-6-5-7-12/h12,17H,5-11,16H2,1-4H3. The molecule has 1 saturated carbocycles. The van der Waals surface area contributed by atoms with Gasteiger partial charge in [0.15, 0.2) is 0 Å². The molecule has 1 unspecified atom stereocenters. The molecular weight excluding hydrogens is 224 g/mol. The van der Waals surface area contributed by atoms with E-state index in [1.807, 2.05) is 0 Å². The maximum Gasteiger partial charge on any atom is 0.0827 e. The molecule has 0 radical (unpaired) electrons. The fourth-order valence-electron chi connectivity index (χ4n) is 3.73. The van der Waals surface area contributed by atoms with Gasteiger partial charge < -0.3 is 15.8 Å². The first-order valence-corrected chi connectivity index (χ1v) is 7.46. The molecule has 0 spiro atoms. The fourth-order valence-corrected chi connectivity index (χ4v) is 3.73. The zero-order valence-electron chi connectivity index (χ0n) is 12.5. The second-order valence-electron chi connectivity index (χ2n) is 7.35. The van der Waals surface area contributed by atoms with Gasteiger partial charge in [-0.2, -0.15) is 0 Å². The molecule has 106 valence electrons. The van der Waals surface area contributed by atoms with Crippen molar-refractivity contribution in [3.05, 3.63) is 0 Å². The summed E-state index contributed by atoms with van der Waals surface area (Å²) in [5.41, 5.74) is 5.75. The molecule has 2 aliphatic rings. The highest BCUT2D eigenvalue weighted by Gasteiger charge is 2.56. The van der Waals surface area contributed by atoms with Crippen molar-refractivity contribution in [1.82, 2.24) is 5.32 Å². The van der Waals surface area contributed by atoms with Gasteiger partial charge in [-0.3, -0.25) is 0 Å². The first kappa shape index (κ1) is 14.3. The number of rotatable bonds is 5. The molecule has 1 saturated heterocycles. The number of nitrogens with two attached hydrogens (primary N) is 1. The van der Waals surface area contributed by atoms with Crippen molar-refractivity contribution in [3.8, 4) is 0 Å². The van der Waals surface area contributed by atoms with E-state index in [9.17, 15) is 0 Å². The SMILES string of the molecule is CC1(C)CC(CN)(NCCC2CCC2)C(C)(C)O1. The molecular formula is C15H30N2O. The Labute approximate surface area is 112 Å². The molecule has 0 bridgehead atoms. The monoisotopic (exact) mass is 254 g/mol. The molecule has 0 aromatic rings. The third-order valence-electron chi connectivity index (χ3n) is 5.00. The lowest BCUT2D eigenvalue weighted by molar-refractivity contribution is -0.0821. The Morgan fingerprint density at radius 3 is 2.28 bits per heavy atom. The van der Waals surface area contributed by atoms with Gasteiger partial charge in [-0.1, -0.05) is 19.3 Å². The summed E-state index contributed by atoms with van der Waals surface area (Å²) in [6.45, 7) is 10.4. The summed E-state index contributed by atoms with van der Waals surface area (Å²) >= 11 is 0. The van der Waals surface area contributed by atoms with Crippen LogP contribution in [0.3, 0.4) is 0 Å². The Morgan fingerprint density at radius 1 is 1.22 bits per heavy atom. The highest BCUT2D eigenvalue weighted by molar-refractivity contribution is 5.12. The summed E-state index contributed by atoms with van der Waals surface area (Å²) in [5, 5.41) is 3.74. The summed E-state index contributed by atoms with van der Waals surface area (Å²) in [6.07, 6.45) is 6.55. The van der Waals surface area contributed by atoms with Crippen molar-refractivity contribution >= 4 is 0 Å². The normalized spacial score (nSPS) is 34.5. The van der Waals surface area contributed by atoms with E-state index < -0.39 is 0 Å². The quantitative estimate of drug-likeness (QED) is 0.792. The number of hydrogen-bond acceptors (Lipinski definition) is 3. The molecule has 0 amide bonds. The Bertz CT molecular complexity index is 297. The maximum absolute atomic E-state index is 6.20. The van der Waals surface area contributed by atoms with E-state index in [0.717, 1.165) is 18.9 Å². The van der Waals surface area contributed by atoms with Gasteiger partial charge in [-0.15, -0.1) is 0 Å². The average Bonchev–Trinajstić information content (AvgIpc) is 2.36. The van der Waals surface area contributed by atoms with Crippen molar-refractivity contribution in [2.24, 2.45) is 11.7 Å². The summed E-state index contributed by atoms with van der Waals surface area (Å²) in [5.74, 6) is 0.950. The second kappa shape index (κ2) is 4.77. The molecule has 1 atom stereocenters. The maximum atomic E-state index is 6.20. The highest BCUT2D eigenvalue weighted by Crippen LogP contribution is 2.44. The molecule has 3 N–H and O–H groups in total. The van der Waals surface area contributed by atoms with Crippen LogP contribution in [0.5, 0.6) is 0 Å². The molecule has 2 fully saturated rings. The minimum absolute atomic E-state index is 0.0692. The summed E-state index contributed by atoms with van der Waals surface area (Å²) in [4.78, 5) is 0. The van der Waals surface area contributed by atoms with Gasteiger partial charge in [-0.25, -0.2) is 0 Å². The van der Waals surface area contributed by atoms with E-state index in [0.29, 0.717) is 6.54 Å². The molecule has 1 aliphatic heterocycles. The predicted molar refractivity (Wildman–Crippen MR) is 75.6 cm³/mol. The van der Waals surface area contributed by atoms with Crippen LogP contribution >= 0.6 is 0 Å². The van der Waals surface area contributed by atoms with E-state index in [1.165, 1.54) is 25.7 Å². The van der Waals surface area contributed by atoms with Gasteiger partial charge in [-0.05, 0) is 53.0 Å². The Kier molecular flexibility index (Phi) is 3.79. The zero-order chi connectivity index (χ0) is 13.4. The first-order chi connectivity index (χ1) is 8.30. The molecule has 18 heavy (non-hydrogen) atoms. The van der Waals surface area contributed by atoms with Gasteiger partial charge in [0, 0.05) is 6.54 Å². The van der Waals surface area contributed by atoms with Crippen LogP contribution in [0.15, 0.2) is 0 Å². The highest BCUT2D eigenvalue weighted by atomic mass is 16.5. The van der Waals surface area contributed by atoms with Gasteiger partial charge in [0.1, 0.15) is 0 Å². The van der Waals surface area contributed by atoms with Crippen LogP contribution in [0.2, 0.25) is 0 Å². The first-order valence-electron chi connectivity index (χ1n) is 7.46. The largest absolute Gasteiger partial charge is 0.368 e. The van der Waals surface area contributed by atoms with Crippen LogP contribution in [0.25, 0.3) is 0 Å². The molecule has 0 aromatic carbocycles.